The van der Waals surface area contributed by atoms with Crippen molar-refractivity contribution in [3.05, 3.63) is 30.1 Å². The van der Waals surface area contributed by atoms with Gasteiger partial charge < -0.3 is 34.5 Å². The van der Waals surface area contributed by atoms with E-state index in [4.69, 9.17) is 19.2 Å². The van der Waals surface area contributed by atoms with E-state index >= 15 is 0 Å². The van der Waals surface area contributed by atoms with Gasteiger partial charge in [-0.15, -0.1) is 0 Å². The summed E-state index contributed by atoms with van der Waals surface area (Å²) in [5.41, 5.74) is 0.857. The third kappa shape index (κ3) is 7.44. The quantitative estimate of drug-likeness (QED) is 0.285. The van der Waals surface area contributed by atoms with E-state index in [0.29, 0.717) is 43.3 Å². The molecule has 11 heteroatoms. The van der Waals surface area contributed by atoms with E-state index < -0.39 is 17.4 Å². The van der Waals surface area contributed by atoms with Crippen LogP contribution in [0.5, 0.6) is 0 Å². The summed E-state index contributed by atoms with van der Waals surface area (Å²) < 4.78 is 17.9. The molecule has 11 nitrogen and oxygen atoms in total. The Kier molecular flexibility index (Phi) is 9.71. The average Bonchev–Trinajstić information content (AvgIpc) is 3.18. The predicted octanol–water partition coefficient (Wildman–Crippen LogP) is 2.00. The van der Waals surface area contributed by atoms with Gasteiger partial charge in [-0.25, -0.2) is 9.97 Å². The molecule has 3 N–H and O–H groups in total. The highest BCUT2D eigenvalue weighted by atomic mass is 16.5. The molecule has 0 spiro atoms. The summed E-state index contributed by atoms with van der Waals surface area (Å²) in [6.45, 7) is 9.08. The van der Waals surface area contributed by atoms with Crippen LogP contribution in [0.15, 0.2) is 24.3 Å². The summed E-state index contributed by atoms with van der Waals surface area (Å²) in [5.74, 6) is 0.0140. The zero-order valence-electron chi connectivity index (χ0n) is 21.3. The lowest BCUT2D eigenvalue weighted by Crippen LogP contribution is -2.35. The third-order valence-electron chi connectivity index (χ3n) is 5.16. The molecule has 3 aromatic rings. The van der Waals surface area contributed by atoms with E-state index in [1.165, 1.54) is 0 Å². The molecule has 2 heterocycles. The first kappa shape index (κ1) is 27.5. The van der Waals surface area contributed by atoms with Crippen LogP contribution in [0.2, 0.25) is 0 Å². The molecule has 1 aromatic carbocycles. The number of nitrogens with zero attached hydrogens (tertiary/aromatic N) is 3. The van der Waals surface area contributed by atoms with Crippen molar-refractivity contribution in [2.75, 3.05) is 44.9 Å². The number of carbonyl (C=O) groups is 2. The fourth-order valence-electron chi connectivity index (χ4n) is 3.66. The van der Waals surface area contributed by atoms with Crippen LogP contribution in [-0.4, -0.2) is 76.6 Å². The van der Waals surface area contributed by atoms with E-state index in [9.17, 15) is 14.7 Å². The minimum Gasteiger partial charge on any atom is -0.389 e. The molecular formula is C25H35N5O6. The summed E-state index contributed by atoms with van der Waals surface area (Å²) in [7, 11) is 0. The number of rotatable bonds is 14. The molecule has 36 heavy (non-hydrogen) atoms. The second-order valence-corrected chi connectivity index (χ2v) is 8.81. The fourth-order valence-corrected chi connectivity index (χ4v) is 3.66. The first-order valence-electron chi connectivity index (χ1n) is 12.0. The number of imidazole rings is 1. The van der Waals surface area contributed by atoms with Crippen LogP contribution in [0.25, 0.3) is 21.9 Å². The Labute approximate surface area is 210 Å². The molecule has 2 amide bonds. The molecule has 196 valence electrons. The number of aromatic nitrogens is 3. The fraction of sp³-hybridized carbons (Fsp3) is 0.520. The maximum atomic E-state index is 12.7. The highest BCUT2D eigenvalue weighted by Gasteiger charge is 2.23. The van der Waals surface area contributed by atoms with E-state index in [-0.39, 0.29) is 32.1 Å². The topological polar surface area (TPSA) is 137 Å². The Morgan fingerprint density at radius 1 is 1.03 bits per heavy atom. The van der Waals surface area contributed by atoms with Crippen molar-refractivity contribution < 1.29 is 28.9 Å². The van der Waals surface area contributed by atoms with Gasteiger partial charge in [-0.3, -0.25) is 9.59 Å². The lowest BCUT2D eigenvalue weighted by molar-refractivity contribution is -0.128. The van der Waals surface area contributed by atoms with Gasteiger partial charge in [0.15, 0.2) is 5.82 Å². The molecule has 0 fully saturated rings. The summed E-state index contributed by atoms with van der Waals surface area (Å²) >= 11 is 0. The zero-order chi connectivity index (χ0) is 26.1. The van der Waals surface area contributed by atoms with Crippen molar-refractivity contribution in [3.8, 4) is 0 Å². The molecule has 0 aliphatic carbocycles. The van der Waals surface area contributed by atoms with Crippen LogP contribution in [0.1, 0.15) is 33.5 Å². The van der Waals surface area contributed by atoms with Crippen LogP contribution in [-0.2, 0) is 37.0 Å². The Bertz CT molecular complexity index is 1190. The monoisotopic (exact) mass is 501 g/mol. The van der Waals surface area contributed by atoms with Gasteiger partial charge in [0, 0.05) is 18.6 Å². The average molecular weight is 502 g/mol. The highest BCUT2D eigenvalue weighted by Crippen LogP contribution is 2.31. The number of pyridine rings is 1. The molecule has 0 aliphatic rings. The van der Waals surface area contributed by atoms with Gasteiger partial charge in [-0.2, -0.15) is 0 Å². The summed E-state index contributed by atoms with van der Waals surface area (Å²) in [5, 5.41) is 16.7. The molecule has 0 saturated heterocycles. The Hall–Kier alpha value is -3.12. The van der Waals surface area contributed by atoms with Crippen LogP contribution < -0.4 is 10.6 Å². The third-order valence-corrected chi connectivity index (χ3v) is 5.16. The van der Waals surface area contributed by atoms with Gasteiger partial charge in [0.2, 0.25) is 11.8 Å². The highest BCUT2D eigenvalue weighted by molar-refractivity contribution is 6.10. The van der Waals surface area contributed by atoms with Crippen LogP contribution in [0, 0.1) is 0 Å². The molecule has 0 saturated carbocycles. The maximum Gasteiger partial charge on any atom is 0.246 e. The number of aliphatic hydroxyl groups is 1. The number of benzene rings is 1. The Morgan fingerprint density at radius 3 is 2.47 bits per heavy atom. The van der Waals surface area contributed by atoms with E-state index in [2.05, 4.69) is 15.6 Å². The second-order valence-electron chi connectivity index (χ2n) is 8.81. The van der Waals surface area contributed by atoms with Crippen LogP contribution in [0.4, 0.5) is 5.82 Å². The molecule has 0 atom stereocenters. The lowest BCUT2D eigenvalue weighted by Gasteiger charge is -2.20. The molecule has 0 aliphatic heterocycles. The zero-order valence-corrected chi connectivity index (χ0v) is 21.3. The number of anilines is 1. The number of para-hydroxylation sites is 1. The van der Waals surface area contributed by atoms with Gasteiger partial charge in [0.1, 0.15) is 24.6 Å². The molecule has 0 unspecified atom stereocenters. The normalized spacial score (nSPS) is 11.8. The predicted molar refractivity (Wildman–Crippen MR) is 136 cm³/mol. The molecular weight excluding hydrogens is 466 g/mol. The standard InChI is InChI=1S/C25H35N5O6/c1-5-34-11-12-36-15-21(32)26-13-20(31)29-24-22-23(17-9-7-8-10-18(17)27-24)30(16-25(3,4)33)19(28-22)14-35-6-2/h7-10,33H,5-6,11-16H2,1-4H3,(H,26,32)(H,27,29,31). The number of carbonyl (C=O) groups excluding carboxylic acids is 2. The van der Waals surface area contributed by atoms with Gasteiger partial charge in [-0.1, -0.05) is 18.2 Å². The molecule has 0 bridgehead atoms. The number of hydrogen-bond acceptors (Lipinski definition) is 8. The smallest absolute Gasteiger partial charge is 0.246 e. The van der Waals surface area contributed by atoms with E-state index in [1.54, 1.807) is 13.8 Å². The molecule has 2 aromatic heterocycles. The summed E-state index contributed by atoms with van der Waals surface area (Å²) in [6.07, 6.45) is 0. The largest absolute Gasteiger partial charge is 0.389 e. The Balaban J connectivity index is 1.85. The first-order valence-corrected chi connectivity index (χ1v) is 12.0. The lowest BCUT2D eigenvalue weighted by atomic mass is 10.1. The van der Waals surface area contributed by atoms with E-state index in [0.717, 1.165) is 10.9 Å². The van der Waals surface area contributed by atoms with Crippen molar-refractivity contribution >= 4 is 39.6 Å². The molecule has 0 radical (unpaired) electrons. The summed E-state index contributed by atoms with van der Waals surface area (Å²) in [4.78, 5) is 34.0. The number of nitrogens with one attached hydrogen (secondary N) is 2. The van der Waals surface area contributed by atoms with Gasteiger partial charge in [0.05, 0.1) is 42.9 Å². The van der Waals surface area contributed by atoms with Crippen LogP contribution in [0.3, 0.4) is 0 Å². The van der Waals surface area contributed by atoms with Gasteiger partial charge >= 0.3 is 0 Å². The SMILES string of the molecule is CCOCCOCC(=O)NCC(=O)Nc1nc2ccccc2c2c1nc(COCC)n2CC(C)(C)O. The van der Waals surface area contributed by atoms with Crippen molar-refractivity contribution in [2.45, 2.75) is 46.4 Å². The van der Waals surface area contributed by atoms with Gasteiger partial charge in [-0.05, 0) is 33.8 Å². The minimum absolute atomic E-state index is 0.166. The number of amides is 2. The summed E-state index contributed by atoms with van der Waals surface area (Å²) in [6, 6.07) is 7.53. The molecule has 3 rings (SSSR count). The van der Waals surface area contributed by atoms with Crippen LogP contribution >= 0.6 is 0 Å². The first-order chi connectivity index (χ1) is 17.2. The maximum absolute atomic E-state index is 12.7. The number of fused-ring (bicyclic) bond motifs is 3. The number of ether oxygens (including phenoxy) is 3. The number of hydrogen-bond donors (Lipinski definition) is 3. The van der Waals surface area contributed by atoms with Gasteiger partial charge in [0.25, 0.3) is 0 Å². The minimum atomic E-state index is -1.02. The Morgan fingerprint density at radius 2 is 1.75 bits per heavy atom. The second kappa shape index (κ2) is 12.7. The van der Waals surface area contributed by atoms with Crippen molar-refractivity contribution in [1.82, 2.24) is 19.9 Å². The van der Waals surface area contributed by atoms with Crippen molar-refractivity contribution in [3.63, 3.8) is 0 Å². The van der Waals surface area contributed by atoms with E-state index in [1.807, 2.05) is 42.7 Å². The van der Waals surface area contributed by atoms with Crippen molar-refractivity contribution in [2.24, 2.45) is 0 Å². The van der Waals surface area contributed by atoms with Crippen molar-refractivity contribution in [1.29, 1.82) is 0 Å².